The first kappa shape index (κ1) is 17.1. The number of carbonyl (C=O) groups excluding carboxylic acids is 1. The van der Waals surface area contributed by atoms with E-state index in [0.29, 0.717) is 18.7 Å². The van der Waals surface area contributed by atoms with Crippen molar-refractivity contribution in [3.63, 3.8) is 0 Å². The lowest BCUT2D eigenvalue weighted by atomic mass is 10.0. The van der Waals surface area contributed by atoms with Crippen LogP contribution in [0.1, 0.15) is 28.2 Å². The second-order valence-electron chi connectivity index (χ2n) is 6.75. The molecule has 0 bridgehead atoms. The minimum atomic E-state index is -0.606. The van der Waals surface area contributed by atoms with Gasteiger partial charge in [-0.05, 0) is 31.0 Å². The van der Waals surface area contributed by atoms with E-state index >= 15 is 0 Å². The summed E-state index contributed by atoms with van der Waals surface area (Å²) in [5.74, 6) is -0.247. The van der Waals surface area contributed by atoms with Crippen LogP contribution in [0.25, 0.3) is 5.65 Å². The van der Waals surface area contributed by atoms with E-state index in [1.54, 1.807) is 17.5 Å². The number of aromatic nitrogens is 3. The molecule has 2 N–H and O–H groups in total. The number of β-amino-alcohol motifs (C(OH)–C–C–N with tert-alkyl or cyclic N) is 1. The van der Waals surface area contributed by atoms with Gasteiger partial charge in [0.25, 0.3) is 5.91 Å². The van der Waals surface area contributed by atoms with Crippen LogP contribution in [0.3, 0.4) is 0 Å². The van der Waals surface area contributed by atoms with Gasteiger partial charge in [-0.15, -0.1) is 11.3 Å². The van der Waals surface area contributed by atoms with Crippen LogP contribution in [0, 0.1) is 6.92 Å². The molecule has 8 heteroatoms. The molecule has 3 aromatic heterocycles. The summed E-state index contributed by atoms with van der Waals surface area (Å²) in [6.07, 6.45) is 3.70. The molecule has 7 nitrogen and oxygen atoms in total. The molecule has 1 fully saturated rings. The van der Waals surface area contributed by atoms with E-state index in [2.05, 4.69) is 20.2 Å². The summed E-state index contributed by atoms with van der Waals surface area (Å²) in [7, 11) is 0. The van der Waals surface area contributed by atoms with E-state index in [1.165, 1.54) is 0 Å². The number of rotatable bonds is 4. The smallest absolute Gasteiger partial charge is 0.271 e. The SMILES string of the molecule is Cc1ccn2cc(C(=O)N[C@@H]3CCN(Cc4cscn4)C[C@H]3O)nc2c1. The standard InChI is InChI=1S/C18H21N5O2S/c1-12-2-5-23-8-15(20-17(23)6-12)18(25)21-14-3-4-22(9-16(14)24)7-13-10-26-11-19-13/h2,5-6,8,10-11,14,16,24H,3-4,7,9H2,1H3,(H,21,25)/t14-,16-/m1/s1. The quantitative estimate of drug-likeness (QED) is 0.726. The van der Waals surface area contributed by atoms with Gasteiger partial charge in [-0.1, -0.05) is 0 Å². The highest BCUT2D eigenvalue weighted by atomic mass is 32.1. The number of nitrogens with zero attached hydrogens (tertiary/aromatic N) is 4. The Bertz CT molecular complexity index is 908. The number of carbonyl (C=O) groups is 1. The summed E-state index contributed by atoms with van der Waals surface area (Å²) < 4.78 is 1.83. The number of amides is 1. The third-order valence-electron chi connectivity index (χ3n) is 4.70. The second-order valence-corrected chi connectivity index (χ2v) is 7.47. The van der Waals surface area contributed by atoms with Crippen LogP contribution in [0.4, 0.5) is 0 Å². The van der Waals surface area contributed by atoms with Crippen molar-refractivity contribution in [3.05, 3.63) is 52.4 Å². The number of imidazole rings is 1. The Kier molecular flexibility index (Phi) is 4.71. The van der Waals surface area contributed by atoms with E-state index in [4.69, 9.17) is 0 Å². The molecule has 4 rings (SSSR count). The highest BCUT2D eigenvalue weighted by Gasteiger charge is 2.29. The summed E-state index contributed by atoms with van der Waals surface area (Å²) in [6.45, 7) is 4.05. The lowest BCUT2D eigenvalue weighted by Gasteiger charge is -2.35. The van der Waals surface area contributed by atoms with Gasteiger partial charge in [0.05, 0.1) is 23.4 Å². The molecule has 2 atom stereocenters. The van der Waals surface area contributed by atoms with Crippen molar-refractivity contribution in [2.45, 2.75) is 32.0 Å². The molecular weight excluding hydrogens is 350 g/mol. The van der Waals surface area contributed by atoms with E-state index in [9.17, 15) is 9.90 Å². The number of likely N-dealkylation sites (tertiary alicyclic amines) is 1. The molecule has 3 aromatic rings. The summed E-state index contributed by atoms with van der Waals surface area (Å²) in [5, 5.41) is 15.4. The number of aliphatic hydroxyl groups is 1. The van der Waals surface area contributed by atoms with Gasteiger partial charge in [-0.3, -0.25) is 9.69 Å². The number of fused-ring (bicyclic) bond motifs is 1. The first-order chi connectivity index (χ1) is 12.6. The molecule has 0 saturated carbocycles. The van der Waals surface area contributed by atoms with Crippen molar-refractivity contribution >= 4 is 22.9 Å². The van der Waals surface area contributed by atoms with Crippen molar-refractivity contribution in [1.82, 2.24) is 24.6 Å². The van der Waals surface area contributed by atoms with Gasteiger partial charge < -0.3 is 14.8 Å². The molecule has 0 radical (unpaired) electrons. The molecular formula is C18H21N5O2S. The Hall–Kier alpha value is -2.29. The van der Waals surface area contributed by atoms with Crippen LogP contribution in [0.2, 0.25) is 0 Å². The van der Waals surface area contributed by atoms with Gasteiger partial charge in [-0.25, -0.2) is 9.97 Å². The zero-order valence-electron chi connectivity index (χ0n) is 14.5. The number of nitrogens with one attached hydrogen (secondary N) is 1. The lowest BCUT2D eigenvalue weighted by molar-refractivity contribution is 0.0345. The topological polar surface area (TPSA) is 82.8 Å². The lowest BCUT2D eigenvalue weighted by Crippen LogP contribution is -2.53. The Morgan fingerprint density at radius 2 is 2.38 bits per heavy atom. The average Bonchev–Trinajstić information content (AvgIpc) is 3.26. The number of aryl methyl sites for hydroxylation is 1. The summed E-state index contributed by atoms with van der Waals surface area (Å²) >= 11 is 1.57. The normalized spacial score (nSPS) is 21.2. The number of pyridine rings is 1. The molecule has 1 aliphatic rings. The molecule has 0 aliphatic carbocycles. The number of hydrogen-bond donors (Lipinski definition) is 2. The Balaban J connectivity index is 1.38. The Labute approximate surface area is 155 Å². The van der Waals surface area contributed by atoms with Crippen LogP contribution >= 0.6 is 11.3 Å². The largest absolute Gasteiger partial charge is 0.390 e. The van der Waals surface area contributed by atoms with Crippen molar-refractivity contribution in [2.24, 2.45) is 0 Å². The maximum absolute atomic E-state index is 12.5. The fourth-order valence-electron chi connectivity index (χ4n) is 3.29. The molecule has 0 unspecified atom stereocenters. The van der Waals surface area contributed by atoms with Crippen molar-refractivity contribution in [2.75, 3.05) is 13.1 Å². The van der Waals surface area contributed by atoms with Crippen molar-refractivity contribution in [3.8, 4) is 0 Å². The predicted octanol–water partition coefficient (Wildman–Crippen LogP) is 1.46. The predicted molar refractivity (Wildman–Crippen MR) is 99.2 cm³/mol. The van der Waals surface area contributed by atoms with Crippen LogP contribution in [-0.2, 0) is 6.54 Å². The molecule has 1 aliphatic heterocycles. The van der Waals surface area contributed by atoms with Gasteiger partial charge in [0, 0.05) is 37.4 Å². The zero-order valence-corrected chi connectivity index (χ0v) is 15.3. The van der Waals surface area contributed by atoms with Crippen LogP contribution in [0.5, 0.6) is 0 Å². The number of thiazole rings is 1. The third-order valence-corrected chi connectivity index (χ3v) is 5.34. The highest BCUT2D eigenvalue weighted by Crippen LogP contribution is 2.15. The Morgan fingerprint density at radius 1 is 1.50 bits per heavy atom. The maximum Gasteiger partial charge on any atom is 0.271 e. The summed E-state index contributed by atoms with van der Waals surface area (Å²) in [4.78, 5) is 23.4. The molecule has 0 spiro atoms. The second kappa shape index (κ2) is 7.14. The summed E-state index contributed by atoms with van der Waals surface area (Å²) in [5.41, 5.74) is 5.04. The van der Waals surface area contributed by atoms with Gasteiger partial charge in [0.2, 0.25) is 0 Å². The van der Waals surface area contributed by atoms with Gasteiger partial charge >= 0.3 is 0 Å². The van der Waals surface area contributed by atoms with Crippen LogP contribution in [0.15, 0.2) is 35.4 Å². The molecule has 4 heterocycles. The van der Waals surface area contributed by atoms with Crippen molar-refractivity contribution in [1.29, 1.82) is 0 Å². The molecule has 26 heavy (non-hydrogen) atoms. The highest BCUT2D eigenvalue weighted by molar-refractivity contribution is 7.07. The minimum Gasteiger partial charge on any atom is -0.390 e. The minimum absolute atomic E-state index is 0.247. The van der Waals surface area contributed by atoms with Gasteiger partial charge in [0.15, 0.2) is 0 Å². The Morgan fingerprint density at radius 3 is 3.15 bits per heavy atom. The van der Waals surface area contributed by atoms with Crippen molar-refractivity contribution < 1.29 is 9.90 Å². The molecule has 1 amide bonds. The van der Waals surface area contributed by atoms with E-state index < -0.39 is 6.10 Å². The number of hydrogen-bond acceptors (Lipinski definition) is 6. The van der Waals surface area contributed by atoms with Crippen LogP contribution < -0.4 is 5.32 Å². The first-order valence-electron chi connectivity index (χ1n) is 8.62. The maximum atomic E-state index is 12.5. The third kappa shape index (κ3) is 3.62. The van der Waals surface area contributed by atoms with Gasteiger partial charge in [0.1, 0.15) is 11.3 Å². The van der Waals surface area contributed by atoms with Crippen LogP contribution in [-0.4, -0.2) is 55.5 Å². The number of piperidine rings is 1. The van der Waals surface area contributed by atoms with E-state index in [-0.39, 0.29) is 11.9 Å². The molecule has 136 valence electrons. The first-order valence-corrected chi connectivity index (χ1v) is 9.56. The summed E-state index contributed by atoms with van der Waals surface area (Å²) in [6, 6.07) is 3.64. The zero-order chi connectivity index (χ0) is 18.1. The molecule has 1 saturated heterocycles. The fraction of sp³-hybridized carbons (Fsp3) is 0.389. The van der Waals surface area contributed by atoms with E-state index in [0.717, 1.165) is 30.0 Å². The van der Waals surface area contributed by atoms with E-state index in [1.807, 2.05) is 40.5 Å². The average molecular weight is 371 g/mol. The fourth-order valence-corrected chi connectivity index (χ4v) is 3.84. The monoisotopic (exact) mass is 371 g/mol. The number of aliphatic hydroxyl groups excluding tert-OH is 1. The molecule has 0 aromatic carbocycles. The van der Waals surface area contributed by atoms with Gasteiger partial charge in [-0.2, -0.15) is 0 Å².